The third kappa shape index (κ3) is 2.34. The minimum atomic E-state index is 0.307. The number of halogens is 1. The second-order valence-corrected chi connectivity index (χ2v) is 5.75. The number of fused-ring (bicyclic) bond motifs is 1. The maximum absolute atomic E-state index is 6.43. The van der Waals surface area contributed by atoms with Crippen LogP contribution in [0.15, 0.2) is 12.1 Å². The quantitative estimate of drug-likeness (QED) is 0.903. The Kier molecular flexibility index (Phi) is 3.67. The van der Waals surface area contributed by atoms with Crippen LogP contribution in [-0.2, 0) is 11.3 Å². The fraction of sp³-hybridized carbons (Fsp3) is 0.571. The lowest BCUT2D eigenvalue weighted by atomic mass is 9.95. The lowest BCUT2D eigenvalue weighted by Gasteiger charge is -2.27. The number of ether oxygens (including phenoxy) is 2. The van der Waals surface area contributed by atoms with Crippen molar-refractivity contribution in [2.24, 2.45) is 11.7 Å². The lowest BCUT2D eigenvalue weighted by Crippen LogP contribution is -2.22. The highest BCUT2D eigenvalue weighted by atomic mass is 35.5. The fourth-order valence-electron chi connectivity index (χ4n) is 3.12. The molecule has 2 atom stereocenters. The average molecular weight is 283 g/mol. The van der Waals surface area contributed by atoms with Crippen LogP contribution in [0.25, 0.3) is 0 Å². The van der Waals surface area contributed by atoms with Crippen molar-refractivity contribution in [2.45, 2.75) is 19.1 Å². The molecule has 0 spiro atoms. The predicted molar refractivity (Wildman–Crippen MR) is 74.3 cm³/mol. The van der Waals surface area contributed by atoms with Crippen LogP contribution in [0.5, 0.6) is 5.75 Å². The highest BCUT2D eigenvalue weighted by molar-refractivity contribution is 6.31. The van der Waals surface area contributed by atoms with Gasteiger partial charge >= 0.3 is 0 Å². The smallest absolute Gasteiger partial charge is 0.189 e. The molecule has 104 valence electrons. The molecular weight excluding hydrogens is 264 g/mol. The van der Waals surface area contributed by atoms with Crippen LogP contribution in [-0.4, -0.2) is 31.8 Å². The van der Waals surface area contributed by atoms with Crippen molar-refractivity contribution in [3.63, 3.8) is 0 Å². The molecule has 1 aromatic rings. The van der Waals surface area contributed by atoms with E-state index in [-0.39, 0.29) is 0 Å². The third-order valence-electron chi connectivity index (χ3n) is 4.11. The SMILES string of the molecule is CN1CC(CN)CC1c1c(Cl)ccc2c1COCO2. The van der Waals surface area contributed by atoms with Gasteiger partial charge in [-0.15, -0.1) is 0 Å². The van der Waals surface area contributed by atoms with Crippen molar-refractivity contribution in [1.29, 1.82) is 0 Å². The summed E-state index contributed by atoms with van der Waals surface area (Å²) < 4.78 is 11.0. The molecule has 0 aliphatic carbocycles. The third-order valence-corrected chi connectivity index (χ3v) is 4.44. The first-order chi connectivity index (χ1) is 9.20. The van der Waals surface area contributed by atoms with Crippen LogP contribution >= 0.6 is 11.6 Å². The molecule has 2 N–H and O–H groups in total. The second kappa shape index (κ2) is 5.29. The van der Waals surface area contributed by atoms with Crippen LogP contribution in [0, 0.1) is 5.92 Å². The Morgan fingerprint density at radius 1 is 1.47 bits per heavy atom. The molecule has 0 radical (unpaired) electrons. The van der Waals surface area contributed by atoms with E-state index in [9.17, 15) is 0 Å². The van der Waals surface area contributed by atoms with Gasteiger partial charge in [-0.25, -0.2) is 0 Å². The summed E-state index contributed by atoms with van der Waals surface area (Å²) in [5, 5.41) is 0.794. The van der Waals surface area contributed by atoms with Crippen molar-refractivity contribution in [3.8, 4) is 5.75 Å². The molecule has 0 saturated carbocycles. The number of rotatable bonds is 2. The van der Waals surface area contributed by atoms with E-state index in [1.807, 2.05) is 12.1 Å². The number of hydrogen-bond donors (Lipinski definition) is 1. The van der Waals surface area contributed by atoms with Gasteiger partial charge in [-0.1, -0.05) is 11.6 Å². The van der Waals surface area contributed by atoms with E-state index in [1.54, 1.807) is 0 Å². The minimum Gasteiger partial charge on any atom is -0.467 e. The van der Waals surface area contributed by atoms with Crippen molar-refractivity contribution >= 4 is 11.6 Å². The van der Waals surface area contributed by atoms with Gasteiger partial charge in [-0.3, -0.25) is 4.90 Å². The molecule has 0 amide bonds. The van der Waals surface area contributed by atoms with Gasteiger partial charge in [-0.05, 0) is 43.6 Å². The number of nitrogens with zero attached hydrogens (tertiary/aromatic N) is 1. The average Bonchev–Trinajstić information content (AvgIpc) is 2.80. The Hall–Kier alpha value is -0.810. The Labute approximate surface area is 118 Å². The van der Waals surface area contributed by atoms with E-state index in [2.05, 4.69) is 11.9 Å². The molecule has 2 heterocycles. The molecule has 2 aliphatic heterocycles. The minimum absolute atomic E-state index is 0.307. The second-order valence-electron chi connectivity index (χ2n) is 5.34. The summed E-state index contributed by atoms with van der Waals surface area (Å²) >= 11 is 6.43. The van der Waals surface area contributed by atoms with E-state index >= 15 is 0 Å². The van der Waals surface area contributed by atoms with E-state index in [0.717, 1.165) is 41.4 Å². The summed E-state index contributed by atoms with van der Waals surface area (Å²) in [7, 11) is 2.13. The summed E-state index contributed by atoms with van der Waals surface area (Å²) in [5.74, 6) is 1.43. The van der Waals surface area contributed by atoms with Crippen molar-refractivity contribution < 1.29 is 9.47 Å². The van der Waals surface area contributed by atoms with Crippen LogP contribution < -0.4 is 10.5 Å². The van der Waals surface area contributed by atoms with Gasteiger partial charge in [0, 0.05) is 23.2 Å². The monoisotopic (exact) mass is 282 g/mol. The molecule has 1 aromatic carbocycles. The Morgan fingerprint density at radius 3 is 3.05 bits per heavy atom. The fourth-order valence-corrected chi connectivity index (χ4v) is 3.43. The number of benzene rings is 1. The van der Waals surface area contributed by atoms with Crippen LogP contribution in [0.1, 0.15) is 23.6 Å². The van der Waals surface area contributed by atoms with Crippen molar-refractivity contribution in [2.75, 3.05) is 26.9 Å². The van der Waals surface area contributed by atoms with Gasteiger partial charge in [0.05, 0.1) is 6.61 Å². The molecule has 1 fully saturated rings. The van der Waals surface area contributed by atoms with E-state index < -0.39 is 0 Å². The van der Waals surface area contributed by atoms with Gasteiger partial charge < -0.3 is 15.2 Å². The van der Waals surface area contributed by atoms with Crippen molar-refractivity contribution in [1.82, 2.24) is 4.90 Å². The van der Waals surface area contributed by atoms with Crippen LogP contribution in [0.4, 0.5) is 0 Å². The molecule has 19 heavy (non-hydrogen) atoms. The van der Waals surface area contributed by atoms with Gasteiger partial charge in [0.1, 0.15) is 5.75 Å². The molecule has 1 saturated heterocycles. The molecule has 2 aliphatic rings. The molecule has 4 nitrogen and oxygen atoms in total. The zero-order valence-corrected chi connectivity index (χ0v) is 11.8. The molecule has 3 rings (SSSR count). The largest absolute Gasteiger partial charge is 0.467 e. The topological polar surface area (TPSA) is 47.7 Å². The molecule has 0 aromatic heterocycles. The molecule has 2 unspecified atom stereocenters. The standard InChI is InChI=1S/C14H19ClN2O2/c1-17-6-9(5-16)4-12(17)14-10-7-18-8-19-13(10)3-2-11(14)15/h2-3,9,12H,4-8,16H2,1H3. The Balaban J connectivity index is 2.00. The number of hydrogen-bond acceptors (Lipinski definition) is 4. The lowest BCUT2D eigenvalue weighted by molar-refractivity contribution is -0.0173. The van der Waals surface area contributed by atoms with Gasteiger partial charge in [-0.2, -0.15) is 0 Å². The maximum atomic E-state index is 6.43. The number of likely N-dealkylation sites (tertiary alicyclic amines) is 1. The molecule has 0 bridgehead atoms. The highest BCUT2D eigenvalue weighted by Gasteiger charge is 2.34. The van der Waals surface area contributed by atoms with Gasteiger partial charge in [0.2, 0.25) is 0 Å². The van der Waals surface area contributed by atoms with Crippen molar-refractivity contribution in [3.05, 3.63) is 28.3 Å². The first kappa shape index (κ1) is 13.2. The van der Waals surface area contributed by atoms with Gasteiger partial charge in [0.25, 0.3) is 0 Å². The first-order valence-electron chi connectivity index (χ1n) is 6.62. The highest BCUT2D eigenvalue weighted by Crippen LogP contribution is 2.42. The van der Waals surface area contributed by atoms with Crippen LogP contribution in [0.2, 0.25) is 5.02 Å². The molecule has 5 heteroatoms. The van der Waals surface area contributed by atoms with Gasteiger partial charge in [0.15, 0.2) is 6.79 Å². The Bertz CT molecular complexity index is 481. The first-order valence-corrected chi connectivity index (χ1v) is 7.00. The zero-order chi connectivity index (χ0) is 13.4. The van der Waals surface area contributed by atoms with E-state index in [1.165, 1.54) is 0 Å². The summed E-state index contributed by atoms with van der Waals surface area (Å²) in [5.41, 5.74) is 8.04. The number of nitrogens with two attached hydrogens (primary N) is 1. The zero-order valence-electron chi connectivity index (χ0n) is 11.1. The normalized spacial score (nSPS) is 27.1. The maximum Gasteiger partial charge on any atom is 0.189 e. The molecular formula is C14H19ClN2O2. The Morgan fingerprint density at radius 2 is 2.32 bits per heavy atom. The summed E-state index contributed by atoms with van der Waals surface area (Å²) in [4.78, 5) is 2.33. The van der Waals surface area contributed by atoms with E-state index in [0.29, 0.717) is 25.4 Å². The van der Waals surface area contributed by atoms with Crippen LogP contribution in [0.3, 0.4) is 0 Å². The summed E-state index contributed by atoms with van der Waals surface area (Å²) in [6.45, 7) is 2.63. The predicted octanol–water partition coefficient (Wildman–Crippen LogP) is 2.16. The summed E-state index contributed by atoms with van der Waals surface area (Å²) in [6, 6.07) is 4.16. The summed E-state index contributed by atoms with van der Waals surface area (Å²) in [6.07, 6.45) is 1.04. The van der Waals surface area contributed by atoms with E-state index in [4.69, 9.17) is 26.8 Å².